The van der Waals surface area contributed by atoms with Gasteiger partial charge in [0, 0.05) is 6.54 Å². The van der Waals surface area contributed by atoms with Gasteiger partial charge in [-0.15, -0.1) is 0 Å². The molecule has 0 saturated carbocycles. The van der Waals surface area contributed by atoms with E-state index in [4.69, 9.17) is 0 Å². The van der Waals surface area contributed by atoms with Crippen molar-refractivity contribution in [3.05, 3.63) is 59.8 Å². The summed E-state index contributed by atoms with van der Waals surface area (Å²) in [7, 11) is 0. The first kappa shape index (κ1) is 14.3. The highest BCUT2D eigenvalue weighted by Crippen LogP contribution is 2.28. The van der Waals surface area contributed by atoms with Crippen LogP contribution in [0.25, 0.3) is 0 Å². The lowest BCUT2D eigenvalue weighted by Gasteiger charge is -2.13. The summed E-state index contributed by atoms with van der Waals surface area (Å²) < 4.78 is 37.5. The molecule has 1 heterocycles. The van der Waals surface area contributed by atoms with E-state index in [1.165, 1.54) is 12.1 Å². The van der Waals surface area contributed by atoms with Gasteiger partial charge in [-0.3, -0.25) is 0 Å². The Morgan fingerprint density at radius 2 is 1.75 bits per heavy atom. The zero-order valence-electron chi connectivity index (χ0n) is 10.4. The third-order valence-electron chi connectivity index (χ3n) is 2.70. The average Bonchev–Trinajstić information content (AvgIpc) is 2.45. The smallest absolute Gasteiger partial charge is 0.387 e. The van der Waals surface area contributed by atoms with Crippen LogP contribution in [-0.2, 0) is 6.18 Å². The third kappa shape index (κ3) is 3.71. The first-order valence-corrected chi connectivity index (χ1v) is 5.98. The van der Waals surface area contributed by atoms with Crippen molar-refractivity contribution in [2.45, 2.75) is 12.3 Å². The Morgan fingerprint density at radius 3 is 2.40 bits per heavy atom. The van der Waals surface area contributed by atoms with Crippen molar-refractivity contribution in [2.24, 2.45) is 0 Å². The molecular weight excluding hydrogens is 269 g/mol. The predicted molar refractivity (Wildman–Crippen MR) is 69.1 cm³/mol. The molecule has 0 saturated heterocycles. The van der Waals surface area contributed by atoms with Gasteiger partial charge in [0.1, 0.15) is 11.5 Å². The lowest BCUT2D eigenvalue weighted by atomic mass is 10.1. The van der Waals surface area contributed by atoms with Gasteiger partial charge in [0.2, 0.25) is 0 Å². The molecule has 1 aromatic heterocycles. The molecule has 1 aromatic carbocycles. The van der Waals surface area contributed by atoms with E-state index in [0.717, 1.165) is 6.07 Å². The molecule has 0 bridgehead atoms. The first-order valence-electron chi connectivity index (χ1n) is 5.98. The van der Waals surface area contributed by atoms with Crippen molar-refractivity contribution in [1.82, 2.24) is 4.98 Å². The number of halogens is 3. The van der Waals surface area contributed by atoms with Gasteiger partial charge in [0.05, 0.1) is 6.10 Å². The second-order valence-electron chi connectivity index (χ2n) is 4.21. The van der Waals surface area contributed by atoms with Crippen molar-refractivity contribution in [2.75, 3.05) is 11.9 Å². The summed E-state index contributed by atoms with van der Waals surface area (Å²) in [6.45, 7) is 0.0817. The molecule has 2 rings (SSSR count). The second kappa shape index (κ2) is 5.92. The monoisotopic (exact) mass is 282 g/mol. The molecule has 20 heavy (non-hydrogen) atoms. The number of aromatic nitrogens is 1. The highest BCUT2D eigenvalue weighted by Gasteiger charge is 2.32. The molecule has 106 valence electrons. The molecule has 0 aliphatic heterocycles. The van der Waals surface area contributed by atoms with Gasteiger partial charge in [0.25, 0.3) is 0 Å². The molecule has 2 aromatic rings. The summed E-state index contributed by atoms with van der Waals surface area (Å²) in [6, 6.07) is 12.5. The van der Waals surface area contributed by atoms with Crippen LogP contribution in [0.3, 0.4) is 0 Å². The molecule has 0 aliphatic rings. The molecule has 1 atom stereocenters. The minimum Gasteiger partial charge on any atom is -0.387 e. The first-order chi connectivity index (χ1) is 9.47. The maximum absolute atomic E-state index is 12.5. The molecule has 0 amide bonds. The average molecular weight is 282 g/mol. The van der Waals surface area contributed by atoms with Crippen molar-refractivity contribution in [1.29, 1.82) is 0 Å². The molecule has 3 nitrogen and oxygen atoms in total. The zero-order chi connectivity index (χ0) is 14.6. The molecule has 0 fully saturated rings. The maximum atomic E-state index is 12.5. The third-order valence-corrected chi connectivity index (χ3v) is 2.70. The Bertz CT molecular complexity index is 558. The second-order valence-corrected chi connectivity index (χ2v) is 4.21. The summed E-state index contributed by atoms with van der Waals surface area (Å²) in [5, 5.41) is 12.6. The van der Waals surface area contributed by atoms with Gasteiger partial charge >= 0.3 is 6.18 Å². The van der Waals surface area contributed by atoms with Crippen LogP contribution in [0, 0.1) is 0 Å². The molecule has 6 heteroatoms. The maximum Gasteiger partial charge on any atom is 0.433 e. The van der Waals surface area contributed by atoms with Crippen LogP contribution in [0.2, 0.25) is 0 Å². The van der Waals surface area contributed by atoms with E-state index >= 15 is 0 Å². The Morgan fingerprint density at radius 1 is 1.05 bits per heavy atom. The van der Waals surface area contributed by atoms with Gasteiger partial charge in [-0.1, -0.05) is 36.4 Å². The van der Waals surface area contributed by atoms with Gasteiger partial charge in [-0.05, 0) is 17.7 Å². The molecule has 0 spiro atoms. The topological polar surface area (TPSA) is 45.1 Å². The van der Waals surface area contributed by atoms with Gasteiger partial charge < -0.3 is 10.4 Å². The van der Waals surface area contributed by atoms with Crippen molar-refractivity contribution in [3.63, 3.8) is 0 Å². The van der Waals surface area contributed by atoms with Crippen LogP contribution >= 0.6 is 0 Å². The van der Waals surface area contributed by atoms with E-state index in [1.807, 2.05) is 6.07 Å². The van der Waals surface area contributed by atoms with Gasteiger partial charge in [0.15, 0.2) is 0 Å². The fraction of sp³-hybridized carbons (Fsp3) is 0.214. The van der Waals surface area contributed by atoms with E-state index in [1.54, 1.807) is 24.3 Å². The Hall–Kier alpha value is -2.08. The van der Waals surface area contributed by atoms with Crippen LogP contribution in [0.1, 0.15) is 17.4 Å². The number of anilines is 1. The Labute approximate surface area is 114 Å². The van der Waals surface area contributed by atoms with Crippen LogP contribution in [0.5, 0.6) is 0 Å². The van der Waals surface area contributed by atoms with Gasteiger partial charge in [-0.2, -0.15) is 13.2 Å². The number of hydrogen-bond donors (Lipinski definition) is 2. The van der Waals surface area contributed by atoms with Gasteiger partial charge in [-0.25, -0.2) is 4.98 Å². The fourth-order valence-corrected chi connectivity index (χ4v) is 1.69. The lowest BCUT2D eigenvalue weighted by Crippen LogP contribution is -2.15. The minimum atomic E-state index is -4.48. The molecule has 0 radical (unpaired) electrons. The van der Waals surface area contributed by atoms with E-state index in [0.29, 0.717) is 5.56 Å². The summed E-state index contributed by atoms with van der Waals surface area (Å²) in [6.07, 6.45) is -5.29. The Balaban J connectivity index is 2.01. The predicted octanol–water partition coefficient (Wildman–Crippen LogP) is 3.25. The van der Waals surface area contributed by atoms with Crippen molar-refractivity contribution >= 4 is 5.82 Å². The van der Waals surface area contributed by atoms with Crippen LogP contribution < -0.4 is 5.32 Å². The van der Waals surface area contributed by atoms with E-state index in [-0.39, 0.29) is 12.4 Å². The number of nitrogens with zero attached hydrogens (tertiary/aromatic N) is 1. The molecule has 2 N–H and O–H groups in total. The number of hydrogen-bond acceptors (Lipinski definition) is 3. The Kier molecular flexibility index (Phi) is 4.24. The SMILES string of the molecule is OC(CNc1cccc(C(F)(F)F)n1)c1ccccc1. The van der Waals surface area contributed by atoms with Crippen LogP contribution in [0.4, 0.5) is 19.0 Å². The number of nitrogens with one attached hydrogen (secondary N) is 1. The highest BCUT2D eigenvalue weighted by molar-refractivity contribution is 5.36. The number of pyridine rings is 1. The lowest BCUT2D eigenvalue weighted by molar-refractivity contribution is -0.141. The molecular formula is C14H13F3N2O. The van der Waals surface area contributed by atoms with Crippen LogP contribution in [0.15, 0.2) is 48.5 Å². The fourth-order valence-electron chi connectivity index (χ4n) is 1.69. The van der Waals surface area contributed by atoms with E-state index < -0.39 is 18.0 Å². The number of alkyl halides is 3. The number of aliphatic hydroxyl groups excluding tert-OH is 1. The molecule has 1 unspecified atom stereocenters. The molecule has 0 aliphatic carbocycles. The van der Waals surface area contributed by atoms with E-state index in [9.17, 15) is 18.3 Å². The summed E-state index contributed by atoms with van der Waals surface area (Å²) in [5.74, 6) is 0.0785. The highest BCUT2D eigenvalue weighted by atomic mass is 19.4. The van der Waals surface area contributed by atoms with Crippen LogP contribution in [-0.4, -0.2) is 16.6 Å². The summed E-state index contributed by atoms with van der Waals surface area (Å²) in [4.78, 5) is 3.46. The van der Waals surface area contributed by atoms with Crippen molar-refractivity contribution in [3.8, 4) is 0 Å². The van der Waals surface area contributed by atoms with E-state index in [2.05, 4.69) is 10.3 Å². The summed E-state index contributed by atoms with van der Waals surface area (Å²) >= 11 is 0. The minimum absolute atomic E-state index is 0.0785. The number of aliphatic hydroxyl groups is 1. The number of benzene rings is 1. The normalized spacial score (nSPS) is 13.0. The summed E-state index contributed by atoms with van der Waals surface area (Å²) in [5.41, 5.74) is -0.274. The number of rotatable bonds is 4. The zero-order valence-corrected chi connectivity index (χ0v) is 10.4. The van der Waals surface area contributed by atoms with Crippen molar-refractivity contribution < 1.29 is 18.3 Å². The largest absolute Gasteiger partial charge is 0.433 e. The quantitative estimate of drug-likeness (QED) is 0.904. The standard InChI is InChI=1S/C14H13F3N2O/c15-14(16,17)12-7-4-8-13(19-12)18-9-11(20)10-5-2-1-3-6-10/h1-8,11,20H,9H2,(H,18,19).